The summed E-state index contributed by atoms with van der Waals surface area (Å²) in [6, 6.07) is 0.150. The van der Waals surface area contributed by atoms with E-state index in [4.69, 9.17) is 4.74 Å². The van der Waals surface area contributed by atoms with Crippen molar-refractivity contribution in [2.75, 3.05) is 0 Å². The lowest BCUT2D eigenvalue weighted by atomic mass is 9.85. The van der Waals surface area contributed by atoms with E-state index in [-0.39, 0.29) is 35.5 Å². The molecule has 0 radical (unpaired) electrons. The van der Waals surface area contributed by atoms with Gasteiger partial charge < -0.3 is 20.7 Å². The summed E-state index contributed by atoms with van der Waals surface area (Å²) < 4.78 is 5.38. The maximum Gasteiger partial charge on any atom is 0.407 e. The maximum atomic E-state index is 12.1. The van der Waals surface area contributed by atoms with Gasteiger partial charge in [-0.1, -0.05) is 13.8 Å². The maximum absolute atomic E-state index is 12.1. The molecule has 0 saturated carbocycles. The predicted octanol–water partition coefficient (Wildman–Crippen LogP) is 2.57. The van der Waals surface area contributed by atoms with Crippen LogP contribution in [0.25, 0.3) is 0 Å². The number of amides is 2. The van der Waals surface area contributed by atoms with Gasteiger partial charge >= 0.3 is 6.09 Å². The van der Waals surface area contributed by atoms with Gasteiger partial charge in [0, 0.05) is 30.1 Å². The first kappa shape index (κ1) is 20.7. The zero-order valence-corrected chi connectivity index (χ0v) is 16.4. The van der Waals surface area contributed by atoms with E-state index in [1.165, 1.54) is 0 Å². The Bertz CT molecular complexity index is 455. The third-order valence-electron chi connectivity index (χ3n) is 4.40. The van der Waals surface area contributed by atoms with E-state index in [9.17, 15) is 9.59 Å². The minimum atomic E-state index is -0.516. The van der Waals surface area contributed by atoms with Crippen molar-refractivity contribution in [1.82, 2.24) is 16.0 Å². The highest BCUT2D eigenvalue weighted by Crippen LogP contribution is 2.21. The number of carbonyl (C=O) groups excluding carboxylic acids is 2. The summed E-state index contributed by atoms with van der Waals surface area (Å²) in [6.07, 6.45) is 0.922. The molecule has 1 fully saturated rings. The van der Waals surface area contributed by atoms with E-state index in [0.29, 0.717) is 6.42 Å². The fourth-order valence-corrected chi connectivity index (χ4v) is 3.17. The highest BCUT2D eigenvalue weighted by molar-refractivity contribution is 5.78. The van der Waals surface area contributed by atoms with Crippen molar-refractivity contribution in [2.24, 2.45) is 5.92 Å². The molecule has 1 aliphatic heterocycles. The Balaban J connectivity index is 2.71. The van der Waals surface area contributed by atoms with E-state index in [1.807, 2.05) is 34.6 Å². The first-order valence-electron chi connectivity index (χ1n) is 8.88. The van der Waals surface area contributed by atoms with Gasteiger partial charge in [0.1, 0.15) is 5.60 Å². The SMILES string of the molecule is CC(C)C(NC(=O)OC(C)(C)C)C(C)NC1CCC(=O)NC1(C)C. The van der Waals surface area contributed by atoms with Crippen molar-refractivity contribution in [3.05, 3.63) is 0 Å². The summed E-state index contributed by atoms with van der Waals surface area (Å²) in [7, 11) is 0. The summed E-state index contributed by atoms with van der Waals surface area (Å²) >= 11 is 0. The van der Waals surface area contributed by atoms with Crippen LogP contribution in [0.4, 0.5) is 4.79 Å². The Hall–Kier alpha value is -1.30. The third kappa shape index (κ3) is 6.30. The second-order valence-electron chi connectivity index (χ2n) is 8.73. The van der Waals surface area contributed by atoms with Crippen LogP contribution in [-0.4, -0.2) is 41.3 Å². The second kappa shape index (κ2) is 7.72. The number of rotatable bonds is 5. The smallest absolute Gasteiger partial charge is 0.407 e. The van der Waals surface area contributed by atoms with Crippen LogP contribution >= 0.6 is 0 Å². The van der Waals surface area contributed by atoms with Gasteiger partial charge in [0.05, 0.1) is 0 Å². The van der Waals surface area contributed by atoms with Crippen LogP contribution < -0.4 is 16.0 Å². The number of alkyl carbamates (subject to hydrolysis) is 1. The lowest BCUT2D eigenvalue weighted by Crippen LogP contribution is -2.65. The van der Waals surface area contributed by atoms with Gasteiger partial charge in [0.25, 0.3) is 0 Å². The number of hydrogen-bond donors (Lipinski definition) is 3. The highest BCUT2D eigenvalue weighted by Gasteiger charge is 2.37. The van der Waals surface area contributed by atoms with E-state index >= 15 is 0 Å². The molecule has 6 nitrogen and oxygen atoms in total. The third-order valence-corrected chi connectivity index (χ3v) is 4.40. The molecular weight excluding hydrogens is 306 g/mol. The quantitative estimate of drug-likeness (QED) is 0.718. The Morgan fingerprint density at radius 1 is 1.29 bits per heavy atom. The van der Waals surface area contributed by atoms with E-state index < -0.39 is 11.7 Å². The summed E-state index contributed by atoms with van der Waals surface area (Å²) in [5.74, 6) is 0.347. The molecule has 0 aromatic carbocycles. The second-order valence-corrected chi connectivity index (χ2v) is 8.73. The standard InChI is InChI=1S/C18H35N3O3/c1-11(2)15(20-16(23)24-17(4,5)6)12(3)19-13-9-10-14(22)21-18(13,7)8/h11-13,15,19H,9-10H2,1-8H3,(H,20,23)(H,21,22). The van der Waals surface area contributed by atoms with E-state index in [0.717, 1.165) is 6.42 Å². The lowest BCUT2D eigenvalue weighted by molar-refractivity contribution is -0.125. The van der Waals surface area contributed by atoms with Gasteiger partial charge in [-0.2, -0.15) is 0 Å². The molecule has 2 amide bonds. The van der Waals surface area contributed by atoms with Crippen LogP contribution in [0, 0.1) is 5.92 Å². The molecule has 1 rings (SSSR count). The van der Waals surface area contributed by atoms with Crippen LogP contribution in [0.3, 0.4) is 0 Å². The first-order chi connectivity index (χ1) is 10.8. The molecule has 0 aromatic heterocycles. The molecule has 3 atom stereocenters. The topological polar surface area (TPSA) is 79.5 Å². The molecule has 0 spiro atoms. The molecule has 3 unspecified atom stereocenters. The van der Waals surface area contributed by atoms with Crippen molar-refractivity contribution >= 4 is 12.0 Å². The number of piperidine rings is 1. The van der Waals surface area contributed by atoms with Crippen molar-refractivity contribution in [3.8, 4) is 0 Å². The summed E-state index contributed by atoms with van der Waals surface area (Å²) in [5.41, 5.74) is -0.824. The van der Waals surface area contributed by atoms with Crippen LogP contribution in [-0.2, 0) is 9.53 Å². The molecular formula is C18H35N3O3. The molecule has 1 saturated heterocycles. The van der Waals surface area contributed by atoms with Gasteiger partial charge in [-0.25, -0.2) is 4.79 Å². The van der Waals surface area contributed by atoms with Gasteiger partial charge in [-0.05, 0) is 53.9 Å². The van der Waals surface area contributed by atoms with Gasteiger partial charge in [-0.3, -0.25) is 4.79 Å². The number of nitrogens with one attached hydrogen (secondary N) is 3. The van der Waals surface area contributed by atoms with Gasteiger partial charge in [0.2, 0.25) is 5.91 Å². The first-order valence-corrected chi connectivity index (χ1v) is 8.88. The van der Waals surface area contributed by atoms with Crippen LogP contribution in [0.2, 0.25) is 0 Å². The summed E-state index contributed by atoms with van der Waals surface area (Å²) in [4.78, 5) is 23.7. The molecule has 6 heteroatoms. The molecule has 1 aliphatic rings. The van der Waals surface area contributed by atoms with Crippen LogP contribution in [0.1, 0.15) is 68.2 Å². The van der Waals surface area contributed by atoms with Crippen molar-refractivity contribution in [1.29, 1.82) is 0 Å². The monoisotopic (exact) mass is 341 g/mol. The van der Waals surface area contributed by atoms with Crippen LogP contribution in [0.5, 0.6) is 0 Å². The largest absolute Gasteiger partial charge is 0.444 e. The predicted molar refractivity (Wildman–Crippen MR) is 95.8 cm³/mol. The van der Waals surface area contributed by atoms with Gasteiger partial charge in [0.15, 0.2) is 0 Å². The normalized spacial score (nSPS) is 23.4. The minimum Gasteiger partial charge on any atom is -0.444 e. The molecule has 0 aliphatic carbocycles. The van der Waals surface area contributed by atoms with Crippen molar-refractivity contribution in [2.45, 2.75) is 97.5 Å². The Morgan fingerprint density at radius 3 is 2.33 bits per heavy atom. The average molecular weight is 341 g/mol. The Morgan fingerprint density at radius 2 is 1.88 bits per heavy atom. The molecule has 3 N–H and O–H groups in total. The van der Waals surface area contributed by atoms with E-state index in [2.05, 4.69) is 36.7 Å². The van der Waals surface area contributed by atoms with Crippen LogP contribution in [0.15, 0.2) is 0 Å². The molecule has 24 heavy (non-hydrogen) atoms. The van der Waals surface area contributed by atoms with Crippen molar-refractivity contribution in [3.63, 3.8) is 0 Å². The lowest BCUT2D eigenvalue weighted by Gasteiger charge is -2.43. The summed E-state index contributed by atoms with van der Waals surface area (Å²) in [6.45, 7) is 15.8. The zero-order chi connectivity index (χ0) is 18.7. The minimum absolute atomic E-state index is 0.0526. The molecule has 1 heterocycles. The zero-order valence-electron chi connectivity index (χ0n) is 16.4. The van der Waals surface area contributed by atoms with Crippen molar-refractivity contribution < 1.29 is 14.3 Å². The number of hydrogen-bond acceptors (Lipinski definition) is 4. The van der Waals surface area contributed by atoms with E-state index in [1.54, 1.807) is 0 Å². The van der Waals surface area contributed by atoms with Gasteiger partial charge in [-0.15, -0.1) is 0 Å². The average Bonchev–Trinajstić information content (AvgIpc) is 2.36. The Labute approximate surface area is 146 Å². The number of carbonyl (C=O) groups is 2. The fourth-order valence-electron chi connectivity index (χ4n) is 3.17. The summed E-state index contributed by atoms with van der Waals surface area (Å²) in [5, 5.41) is 9.62. The fraction of sp³-hybridized carbons (Fsp3) is 0.889. The highest BCUT2D eigenvalue weighted by atomic mass is 16.6. The molecule has 0 bridgehead atoms. The Kier molecular flexibility index (Phi) is 6.67. The molecule has 0 aromatic rings. The molecule has 140 valence electrons. The number of ether oxygens (including phenoxy) is 1.